The van der Waals surface area contributed by atoms with E-state index < -0.39 is 0 Å². The second-order valence-electron chi connectivity index (χ2n) is 6.26. The number of hydrogen-bond acceptors (Lipinski definition) is 3. The fourth-order valence-electron chi connectivity index (χ4n) is 2.82. The van der Waals surface area contributed by atoms with Gasteiger partial charge in [0.15, 0.2) is 5.96 Å². The van der Waals surface area contributed by atoms with E-state index in [1.165, 1.54) is 28.3 Å². The first kappa shape index (κ1) is 17.4. The van der Waals surface area contributed by atoms with Crippen LogP contribution in [0.3, 0.4) is 0 Å². The maximum Gasteiger partial charge on any atom is 0.191 e. The fraction of sp³-hybridized carbons (Fsp3) is 0.444. The molecule has 24 heavy (non-hydrogen) atoms. The summed E-state index contributed by atoms with van der Waals surface area (Å²) in [6, 6.07) is 8.65. The molecule has 0 spiro atoms. The van der Waals surface area contributed by atoms with Crippen molar-refractivity contribution in [2.45, 2.75) is 31.6 Å². The topological polar surface area (TPSA) is 49.3 Å². The molecule has 128 valence electrons. The standard InChI is InChI=1S/C18H23BrN4S/c1-13-11-22-16(24-13)6-9-21-17(20-2)23-12-18(7-8-18)14-4-3-5-15(19)10-14/h3-5,10-11H,6-9,12H2,1-2H3,(H2,20,21,23). The van der Waals surface area contributed by atoms with Gasteiger partial charge in [-0.2, -0.15) is 0 Å². The van der Waals surface area contributed by atoms with Gasteiger partial charge in [-0.3, -0.25) is 4.99 Å². The maximum absolute atomic E-state index is 4.40. The van der Waals surface area contributed by atoms with Crippen molar-refractivity contribution in [1.82, 2.24) is 15.6 Å². The Morgan fingerprint density at radius 2 is 2.21 bits per heavy atom. The van der Waals surface area contributed by atoms with Gasteiger partial charge in [0.05, 0.1) is 5.01 Å². The molecule has 6 heteroatoms. The van der Waals surface area contributed by atoms with E-state index in [0.29, 0.717) is 0 Å². The van der Waals surface area contributed by atoms with Gasteiger partial charge in [-0.05, 0) is 37.5 Å². The second kappa shape index (κ2) is 7.66. The highest BCUT2D eigenvalue weighted by Crippen LogP contribution is 2.48. The summed E-state index contributed by atoms with van der Waals surface area (Å²) in [7, 11) is 1.82. The van der Waals surface area contributed by atoms with Crippen LogP contribution in [-0.4, -0.2) is 31.1 Å². The molecule has 1 heterocycles. The third kappa shape index (κ3) is 4.36. The predicted octanol–water partition coefficient (Wildman–Crippen LogP) is 3.65. The number of rotatable bonds is 6. The second-order valence-corrected chi connectivity index (χ2v) is 8.49. The number of aryl methyl sites for hydroxylation is 1. The van der Waals surface area contributed by atoms with E-state index in [1.54, 1.807) is 11.3 Å². The highest BCUT2D eigenvalue weighted by atomic mass is 79.9. The summed E-state index contributed by atoms with van der Waals surface area (Å²) in [5, 5.41) is 8.04. The number of hydrogen-bond donors (Lipinski definition) is 2. The summed E-state index contributed by atoms with van der Waals surface area (Å²) in [6.45, 7) is 3.85. The molecule has 1 fully saturated rings. The van der Waals surface area contributed by atoms with Gasteiger partial charge >= 0.3 is 0 Å². The molecular weight excluding hydrogens is 384 g/mol. The van der Waals surface area contributed by atoms with Crippen LogP contribution in [0.25, 0.3) is 0 Å². The van der Waals surface area contributed by atoms with Crippen molar-refractivity contribution < 1.29 is 0 Å². The number of aromatic nitrogens is 1. The molecule has 4 nitrogen and oxygen atoms in total. The Balaban J connectivity index is 1.49. The summed E-state index contributed by atoms with van der Waals surface area (Å²) < 4.78 is 1.15. The predicted molar refractivity (Wildman–Crippen MR) is 105 cm³/mol. The lowest BCUT2D eigenvalue weighted by atomic mass is 9.96. The van der Waals surface area contributed by atoms with Crippen molar-refractivity contribution in [1.29, 1.82) is 0 Å². The molecule has 0 unspecified atom stereocenters. The molecular formula is C18H23BrN4S. The van der Waals surface area contributed by atoms with E-state index >= 15 is 0 Å². The van der Waals surface area contributed by atoms with E-state index in [0.717, 1.165) is 29.9 Å². The van der Waals surface area contributed by atoms with Crippen LogP contribution in [-0.2, 0) is 11.8 Å². The lowest BCUT2D eigenvalue weighted by Gasteiger charge is -2.19. The zero-order chi connectivity index (χ0) is 17.0. The lowest BCUT2D eigenvalue weighted by Crippen LogP contribution is -2.41. The Morgan fingerprint density at radius 1 is 1.38 bits per heavy atom. The van der Waals surface area contributed by atoms with Gasteiger partial charge in [-0.15, -0.1) is 11.3 Å². The van der Waals surface area contributed by atoms with Crippen molar-refractivity contribution in [3.05, 3.63) is 50.4 Å². The summed E-state index contributed by atoms with van der Waals surface area (Å²) in [6.07, 6.45) is 5.32. The van der Waals surface area contributed by atoms with E-state index in [2.05, 4.69) is 67.7 Å². The Bertz CT molecular complexity index is 721. The molecule has 1 aliphatic rings. The van der Waals surface area contributed by atoms with Gasteiger partial charge in [0.25, 0.3) is 0 Å². The number of benzene rings is 1. The highest BCUT2D eigenvalue weighted by molar-refractivity contribution is 9.10. The molecule has 0 saturated heterocycles. The maximum atomic E-state index is 4.40. The largest absolute Gasteiger partial charge is 0.356 e. The molecule has 0 aliphatic heterocycles. The molecule has 3 rings (SSSR count). The van der Waals surface area contributed by atoms with Crippen LogP contribution >= 0.6 is 27.3 Å². The van der Waals surface area contributed by atoms with Crippen LogP contribution in [0, 0.1) is 6.92 Å². The Labute approximate surface area is 155 Å². The van der Waals surface area contributed by atoms with Gasteiger partial charge in [-0.1, -0.05) is 28.1 Å². The highest BCUT2D eigenvalue weighted by Gasteiger charge is 2.44. The van der Waals surface area contributed by atoms with Gasteiger partial charge < -0.3 is 10.6 Å². The van der Waals surface area contributed by atoms with Crippen molar-refractivity contribution in [2.75, 3.05) is 20.1 Å². The first-order valence-electron chi connectivity index (χ1n) is 8.23. The summed E-state index contributed by atoms with van der Waals surface area (Å²) in [5.41, 5.74) is 1.66. The molecule has 2 N–H and O–H groups in total. The molecule has 2 aromatic rings. The minimum absolute atomic E-state index is 0.258. The van der Waals surface area contributed by atoms with Crippen molar-refractivity contribution >= 4 is 33.2 Å². The van der Waals surface area contributed by atoms with Crippen LogP contribution in [0.2, 0.25) is 0 Å². The van der Waals surface area contributed by atoms with Crippen LogP contribution in [0.1, 0.15) is 28.3 Å². The van der Waals surface area contributed by atoms with Crippen LogP contribution in [0.5, 0.6) is 0 Å². The average Bonchev–Trinajstić information content (AvgIpc) is 3.26. The fourth-order valence-corrected chi connectivity index (χ4v) is 4.00. The quantitative estimate of drug-likeness (QED) is 0.568. The summed E-state index contributed by atoms with van der Waals surface area (Å²) >= 11 is 5.33. The van der Waals surface area contributed by atoms with Crippen molar-refractivity contribution in [3.63, 3.8) is 0 Å². The number of aliphatic imine (C=N–C) groups is 1. The first-order valence-corrected chi connectivity index (χ1v) is 9.84. The van der Waals surface area contributed by atoms with Crippen molar-refractivity contribution in [2.24, 2.45) is 4.99 Å². The van der Waals surface area contributed by atoms with E-state index in [9.17, 15) is 0 Å². The SMILES string of the molecule is CN=C(NCCc1ncc(C)s1)NCC1(c2cccc(Br)c2)CC1. The lowest BCUT2D eigenvalue weighted by molar-refractivity contribution is 0.645. The van der Waals surface area contributed by atoms with Gasteiger partial charge in [0.1, 0.15) is 0 Å². The van der Waals surface area contributed by atoms with Crippen LogP contribution in [0.4, 0.5) is 0 Å². The molecule has 1 aliphatic carbocycles. The molecule has 1 aromatic carbocycles. The Morgan fingerprint density at radius 3 is 2.83 bits per heavy atom. The van der Waals surface area contributed by atoms with E-state index in [-0.39, 0.29) is 5.41 Å². The number of guanidine groups is 1. The van der Waals surface area contributed by atoms with Gasteiger partial charge in [0, 0.05) is 47.5 Å². The zero-order valence-corrected chi connectivity index (χ0v) is 16.5. The van der Waals surface area contributed by atoms with Gasteiger partial charge in [-0.25, -0.2) is 4.98 Å². The average molecular weight is 407 g/mol. The zero-order valence-electron chi connectivity index (χ0n) is 14.1. The van der Waals surface area contributed by atoms with Crippen LogP contribution in [0.15, 0.2) is 39.9 Å². The number of nitrogens with zero attached hydrogens (tertiary/aromatic N) is 2. The van der Waals surface area contributed by atoms with Gasteiger partial charge in [0.2, 0.25) is 0 Å². The Kier molecular flexibility index (Phi) is 5.56. The number of halogens is 1. The minimum Gasteiger partial charge on any atom is -0.356 e. The first-order chi connectivity index (χ1) is 11.6. The normalized spacial score (nSPS) is 16.0. The summed E-state index contributed by atoms with van der Waals surface area (Å²) in [5.74, 6) is 0.865. The smallest absolute Gasteiger partial charge is 0.191 e. The molecule has 0 radical (unpaired) electrons. The molecule has 0 atom stereocenters. The number of thiazole rings is 1. The van der Waals surface area contributed by atoms with E-state index in [4.69, 9.17) is 0 Å². The molecule has 1 aromatic heterocycles. The van der Waals surface area contributed by atoms with E-state index in [1.807, 2.05) is 13.2 Å². The summed E-state index contributed by atoms with van der Waals surface area (Å²) in [4.78, 5) is 9.99. The molecule has 1 saturated carbocycles. The molecule has 0 bridgehead atoms. The van der Waals surface area contributed by atoms with Crippen molar-refractivity contribution in [3.8, 4) is 0 Å². The molecule has 0 amide bonds. The third-order valence-corrected chi connectivity index (χ3v) is 5.87. The minimum atomic E-state index is 0.258. The number of nitrogens with one attached hydrogen (secondary N) is 2. The third-order valence-electron chi connectivity index (χ3n) is 4.41. The Hall–Kier alpha value is -1.40. The monoisotopic (exact) mass is 406 g/mol. The van der Waals surface area contributed by atoms with Crippen LogP contribution < -0.4 is 10.6 Å².